The Labute approximate surface area is 167 Å². The molecule has 0 saturated heterocycles. The van der Waals surface area contributed by atoms with Gasteiger partial charge in [-0.05, 0) is 35.1 Å². The van der Waals surface area contributed by atoms with E-state index in [4.69, 9.17) is 4.42 Å². The van der Waals surface area contributed by atoms with Crippen LogP contribution in [0.4, 0.5) is 5.69 Å². The molecule has 4 nitrogen and oxygen atoms in total. The van der Waals surface area contributed by atoms with Crippen LogP contribution in [0.2, 0.25) is 0 Å². The molecule has 4 heteroatoms. The molecule has 1 N–H and O–H groups in total. The number of rotatable bonds is 7. The summed E-state index contributed by atoms with van der Waals surface area (Å²) >= 11 is 0. The van der Waals surface area contributed by atoms with Gasteiger partial charge in [0.1, 0.15) is 0 Å². The molecule has 1 amide bonds. The maximum absolute atomic E-state index is 12.2. The molecule has 1 aromatic heterocycles. The van der Waals surface area contributed by atoms with E-state index in [2.05, 4.69) is 50.1 Å². The number of aromatic nitrogens is 1. The molecule has 0 saturated carbocycles. The van der Waals surface area contributed by atoms with Crippen LogP contribution in [-0.2, 0) is 11.2 Å². The summed E-state index contributed by atoms with van der Waals surface area (Å²) in [5, 5.41) is 2.93. The summed E-state index contributed by atoms with van der Waals surface area (Å²) in [5.74, 6) is 2.24. The van der Waals surface area contributed by atoms with Crippen molar-refractivity contribution in [2.45, 2.75) is 52.4 Å². The summed E-state index contributed by atoms with van der Waals surface area (Å²) in [7, 11) is 0. The zero-order valence-electron chi connectivity index (χ0n) is 17.0. The first-order valence-corrected chi connectivity index (χ1v) is 9.87. The predicted molar refractivity (Wildman–Crippen MR) is 114 cm³/mol. The zero-order chi connectivity index (χ0) is 20.1. The van der Waals surface area contributed by atoms with Gasteiger partial charge in [0.15, 0.2) is 11.7 Å². The zero-order valence-corrected chi connectivity index (χ0v) is 17.0. The lowest BCUT2D eigenvalue weighted by Crippen LogP contribution is -2.12. The highest BCUT2D eigenvalue weighted by Gasteiger charge is 2.10. The lowest BCUT2D eigenvalue weighted by Gasteiger charge is -2.08. The molecule has 28 heavy (non-hydrogen) atoms. The average molecular weight is 377 g/mol. The monoisotopic (exact) mass is 376 g/mol. The summed E-state index contributed by atoms with van der Waals surface area (Å²) in [4.78, 5) is 16.5. The van der Waals surface area contributed by atoms with Crippen molar-refractivity contribution in [3.63, 3.8) is 0 Å². The Kier molecular flexibility index (Phi) is 6.30. The van der Waals surface area contributed by atoms with E-state index in [0.29, 0.717) is 30.6 Å². The van der Waals surface area contributed by atoms with Gasteiger partial charge in [0, 0.05) is 24.1 Å². The Morgan fingerprint density at radius 2 is 1.50 bits per heavy atom. The van der Waals surface area contributed by atoms with Crippen LogP contribution >= 0.6 is 0 Å². The van der Waals surface area contributed by atoms with E-state index in [1.807, 2.05) is 36.4 Å². The van der Waals surface area contributed by atoms with E-state index in [0.717, 1.165) is 17.0 Å². The van der Waals surface area contributed by atoms with Crippen LogP contribution in [0.15, 0.2) is 59.1 Å². The maximum atomic E-state index is 12.2. The molecule has 2 aromatic carbocycles. The quantitative estimate of drug-likeness (QED) is 0.537. The number of benzene rings is 2. The normalized spacial score (nSPS) is 11.2. The largest absolute Gasteiger partial charge is 0.441 e. The van der Waals surface area contributed by atoms with Gasteiger partial charge in [0.05, 0.1) is 6.20 Å². The van der Waals surface area contributed by atoms with E-state index in [1.165, 1.54) is 11.1 Å². The van der Waals surface area contributed by atoms with Gasteiger partial charge in [-0.25, -0.2) is 4.98 Å². The van der Waals surface area contributed by atoms with Gasteiger partial charge in [-0.3, -0.25) is 4.79 Å². The summed E-state index contributed by atoms with van der Waals surface area (Å²) in [6.45, 7) is 8.64. The van der Waals surface area contributed by atoms with Crippen molar-refractivity contribution in [3.8, 4) is 11.3 Å². The molecular weight excluding hydrogens is 348 g/mol. The van der Waals surface area contributed by atoms with Crippen LogP contribution < -0.4 is 5.32 Å². The molecule has 146 valence electrons. The number of hydrogen-bond donors (Lipinski definition) is 1. The third-order valence-electron chi connectivity index (χ3n) is 4.84. The third kappa shape index (κ3) is 5.10. The Morgan fingerprint density at radius 3 is 2.07 bits per heavy atom. The molecule has 0 spiro atoms. The van der Waals surface area contributed by atoms with Crippen LogP contribution in [0.1, 0.15) is 63.0 Å². The van der Waals surface area contributed by atoms with Gasteiger partial charge < -0.3 is 9.73 Å². The van der Waals surface area contributed by atoms with Gasteiger partial charge >= 0.3 is 0 Å². The average Bonchev–Trinajstić information content (AvgIpc) is 3.16. The lowest BCUT2D eigenvalue weighted by molar-refractivity contribution is -0.116. The second-order valence-corrected chi connectivity index (χ2v) is 7.72. The van der Waals surface area contributed by atoms with Gasteiger partial charge in [-0.1, -0.05) is 64.1 Å². The molecule has 0 unspecified atom stereocenters. The number of hydrogen-bond acceptors (Lipinski definition) is 3. The van der Waals surface area contributed by atoms with Crippen molar-refractivity contribution >= 4 is 11.6 Å². The molecule has 0 aliphatic heterocycles. The minimum absolute atomic E-state index is 0.0432. The molecule has 0 atom stereocenters. The van der Waals surface area contributed by atoms with E-state index >= 15 is 0 Å². The SMILES string of the molecule is CC(C)c1ccc(NC(=O)CCc2ncc(-c3ccc(C(C)C)cc3)o2)cc1. The molecule has 0 aliphatic rings. The van der Waals surface area contributed by atoms with Gasteiger partial charge in [0.2, 0.25) is 5.91 Å². The molecular formula is C24H28N2O2. The number of nitrogens with one attached hydrogen (secondary N) is 1. The third-order valence-corrected chi connectivity index (χ3v) is 4.84. The Hall–Kier alpha value is -2.88. The second-order valence-electron chi connectivity index (χ2n) is 7.72. The minimum atomic E-state index is -0.0432. The predicted octanol–water partition coefficient (Wildman–Crippen LogP) is 6.16. The minimum Gasteiger partial charge on any atom is -0.441 e. The molecule has 3 aromatic rings. The van der Waals surface area contributed by atoms with Crippen molar-refractivity contribution in [3.05, 3.63) is 71.7 Å². The summed E-state index contributed by atoms with van der Waals surface area (Å²) in [6.07, 6.45) is 2.53. The van der Waals surface area contributed by atoms with E-state index in [-0.39, 0.29) is 5.91 Å². The van der Waals surface area contributed by atoms with E-state index < -0.39 is 0 Å². The smallest absolute Gasteiger partial charge is 0.224 e. The molecule has 1 heterocycles. The van der Waals surface area contributed by atoms with Crippen molar-refractivity contribution in [2.75, 3.05) is 5.32 Å². The first-order valence-electron chi connectivity index (χ1n) is 9.87. The fraction of sp³-hybridized carbons (Fsp3) is 0.333. The number of nitrogens with zero attached hydrogens (tertiary/aromatic N) is 1. The number of anilines is 1. The molecule has 0 fully saturated rings. The standard InChI is InChI=1S/C24H28N2O2/c1-16(2)18-5-7-20(8-6-18)22-15-25-24(28-22)14-13-23(27)26-21-11-9-19(10-12-21)17(3)4/h5-12,15-17H,13-14H2,1-4H3,(H,26,27). The first kappa shape index (κ1) is 19.9. The van der Waals surface area contributed by atoms with Crippen LogP contribution in [-0.4, -0.2) is 10.9 Å². The molecule has 0 radical (unpaired) electrons. The van der Waals surface area contributed by atoms with Crippen LogP contribution in [0.3, 0.4) is 0 Å². The fourth-order valence-corrected chi connectivity index (χ4v) is 2.99. The molecule has 0 aliphatic carbocycles. The van der Waals surface area contributed by atoms with Crippen molar-refractivity contribution in [1.29, 1.82) is 0 Å². The van der Waals surface area contributed by atoms with Crippen LogP contribution in [0.25, 0.3) is 11.3 Å². The first-order chi connectivity index (χ1) is 13.4. The van der Waals surface area contributed by atoms with Crippen molar-refractivity contribution < 1.29 is 9.21 Å². The Bertz CT molecular complexity index is 907. The van der Waals surface area contributed by atoms with E-state index in [9.17, 15) is 4.79 Å². The molecule has 0 bridgehead atoms. The lowest BCUT2D eigenvalue weighted by atomic mass is 10.0. The number of carbonyl (C=O) groups excluding carboxylic acids is 1. The number of oxazole rings is 1. The van der Waals surface area contributed by atoms with Crippen LogP contribution in [0, 0.1) is 0 Å². The highest BCUT2D eigenvalue weighted by molar-refractivity contribution is 5.90. The van der Waals surface area contributed by atoms with Gasteiger partial charge in [-0.15, -0.1) is 0 Å². The van der Waals surface area contributed by atoms with Crippen molar-refractivity contribution in [2.24, 2.45) is 0 Å². The highest BCUT2D eigenvalue weighted by Crippen LogP contribution is 2.24. The highest BCUT2D eigenvalue weighted by atomic mass is 16.4. The summed E-state index contributed by atoms with van der Waals surface area (Å²) in [6, 6.07) is 16.3. The van der Waals surface area contributed by atoms with Gasteiger partial charge in [0.25, 0.3) is 0 Å². The summed E-state index contributed by atoms with van der Waals surface area (Å²) < 4.78 is 5.82. The van der Waals surface area contributed by atoms with E-state index in [1.54, 1.807) is 6.20 Å². The molecule has 3 rings (SSSR count). The maximum Gasteiger partial charge on any atom is 0.224 e. The number of amides is 1. The Balaban J connectivity index is 1.54. The second kappa shape index (κ2) is 8.87. The summed E-state index contributed by atoms with van der Waals surface area (Å²) in [5.41, 5.74) is 4.36. The van der Waals surface area contributed by atoms with Crippen molar-refractivity contribution in [1.82, 2.24) is 4.98 Å². The van der Waals surface area contributed by atoms with Crippen LogP contribution in [0.5, 0.6) is 0 Å². The van der Waals surface area contributed by atoms with Gasteiger partial charge in [-0.2, -0.15) is 0 Å². The number of carbonyl (C=O) groups is 1. The fourth-order valence-electron chi connectivity index (χ4n) is 2.99. The Morgan fingerprint density at radius 1 is 0.929 bits per heavy atom. The topological polar surface area (TPSA) is 55.1 Å². The number of aryl methyl sites for hydroxylation is 1.